The number of hydrogen-bond acceptors (Lipinski definition) is 2. The number of benzene rings is 2. The van der Waals surface area contributed by atoms with Gasteiger partial charge in [0, 0.05) is 36.8 Å². The van der Waals surface area contributed by atoms with Gasteiger partial charge in [-0.1, -0.05) is 40.9 Å². The first-order valence-corrected chi connectivity index (χ1v) is 9.31. The van der Waals surface area contributed by atoms with Gasteiger partial charge < -0.3 is 9.80 Å². The van der Waals surface area contributed by atoms with Gasteiger partial charge in [-0.25, -0.2) is 0 Å². The van der Waals surface area contributed by atoms with Gasteiger partial charge >= 0.3 is 0 Å². The van der Waals surface area contributed by atoms with Crippen molar-refractivity contribution in [3.05, 3.63) is 69.2 Å². The lowest BCUT2D eigenvalue weighted by Gasteiger charge is -2.23. The third-order valence-corrected chi connectivity index (χ3v) is 5.06. The topological polar surface area (TPSA) is 40.6 Å². The lowest BCUT2D eigenvalue weighted by atomic mass is 10.1. The van der Waals surface area contributed by atoms with Gasteiger partial charge in [0.15, 0.2) is 0 Å². The third kappa shape index (κ3) is 4.19. The summed E-state index contributed by atoms with van der Waals surface area (Å²) in [7, 11) is 0. The number of halogens is 2. The fraction of sp³-hybridized carbons (Fsp3) is 0.300. The predicted molar refractivity (Wildman–Crippen MR) is 104 cm³/mol. The van der Waals surface area contributed by atoms with Gasteiger partial charge in [-0.15, -0.1) is 0 Å². The second kappa shape index (κ2) is 8.11. The number of carbonyl (C=O) groups is 2. The van der Waals surface area contributed by atoms with E-state index >= 15 is 0 Å². The molecule has 1 aliphatic rings. The minimum Gasteiger partial charge on any atom is -0.337 e. The van der Waals surface area contributed by atoms with Crippen molar-refractivity contribution in [3.8, 4) is 0 Å². The summed E-state index contributed by atoms with van der Waals surface area (Å²) in [5, 5.41) is 0.861. The van der Waals surface area contributed by atoms with Crippen LogP contribution in [-0.4, -0.2) is 47.8 Å². The Morgan fingerprint density at radius 1 is 0.885 bits per heavy atom. The highest BCUT2D eigenvalue weighted by molar-refractivity contribution is 6.35. The molecule has 0 radical (unpaired) electrons. The van der Waals surface area contributed by atoms with Crippen LogP contribution in [0.4, 0.5) is 0 Å². The standard InChI is InChI=1S/C20H20Cl2N2O2/c1-14-4-2-5-15(12-14)19(25)23-8-3-9-24(11-10-23)20(26)17-13-16(21)6-7-18(17)22/h2,4-7,12-13H,3,8-11H2,1H3. The molecule has 2 aromatic carbocycles. The molecule has 1 heterocycles. The van der Waals surface area contributed by atoms with Crippen LogP contribution in [-0.2, 0) is 0 Å². The van der Waals surface area contributed by atoms with Gasteiger partial charge in [-0.3, -0.25) is 9.59 Å². The van der Waals surface area contributed by atoms with E-state index < -0.39 is 0 Å². The maximum atomic E-state index is 12.8. The van der Waals surface area contributed by atoms with E-state index in [0.29, 0.717) is 47.4 Å². The summed E-state index contributed by atoms with van der Waals surface area (Å²) in [4.78, 5) is 29.1. The second-order valence-electron chi connectivity index (χ2n) is 6.43. The predicted octanol–water partition coefficient (Wildman–Crippen LogP) is 4.29. The molecule has 0 atom stereocenters. The zero-order valence-electron chi connectivity index (χ0n) is 14.5. The highest BCUT2D eigenvalue weighted by atomic mass is 35.5. The smallest absolute Gasteiger partial charge is 0.255 e. The zero-order valence-corrected chi connectivity index (χ0v) is 16.1. The molecule has 0 N–H and O–H groups in total. The van der Waals surface area contributed by atoms with E-state index in [-0.39, 0.29) is 11.8 Å². The van der Waals surface area contributed by atoms with Crippen LogP contribution in [0.25, 0.3) is 0 Å². The molecule has 136 valence electrons. The lowest BCUT2D eigenvalue weighted by Crippen LogP contribution is -2.37. The second-order valence-corrected chi connectivity index (χ2v) is 7.28. The van der Waals surface area contributed by atoms with E-state index in [4.69, 9.17) is 23.2 Å². The van der Waals surface area contributed by atoms with E-state index in [9.17, 15) is 9.59 Å². The largest absolute Gasteiger partial charge is 0.337 e. The molecule has 4 nitrogen and oxygen atoms in total. The molecule has 2 amide bonds. The molecule has 1 aliphatic heterocycles. The molecule has 1 fully saturated rings. The van der Waals surface area contributed by atoms with Crippen molar-refractivity contribution >= 4 is 35.0 Å². The number of hydrogen-bond donors (Lipinski definition) is 0. The highest BCUT2D eigenvalue weighted by Crippen LogP contribution is 2.23. The van der Waals surface area contributed by atoms with Crippen molar-refractivity contribution in [1.29, 1.82) is 0 Å². The van der Waals surface area contributed by atoms with Gasteiger partial charge in [0.1, 0.15) is 0 Å². The monoisotopic (exact) mass is 390 g/mol. The van der Waals surface area contributed by atoms with Crippen LogP contribution in [0.3, 0.4) is 0 Å². The molecule has 0 aliphatic carbocycles. The molecule has 0 spiro atoms. The Kier molecular flexibility index (Phi) is 5.84. The van der Waals surface area contributed by atoms with Crippen LogP contribution in [0.2, 0.25) is 10.0 Å². The van der Waals surface area contributed by atoms with Crippen molar-refractivity contribution in [1.82, 2.24) is 9.80 Å². The molecule has 0 saturated carbocycles. The number of carbonyl (C=O) groups excluding carboxylic acids is 2. The summed E-state index contributed by atoms with van der Waals surface area (Å²) in [6, 6.07) is 12.4. The van der Waals surface area contributed by atoms with Gasteiger partial charge in [0.05, 0.1) is 10.6 Å². The minimum atomic E-state index is -0.151. The first-order chi connectivity index (χ1) is 12.5. The first kappa shape index (κ1) is 18.7. The van der Waals surface area contributed by atoms with Crippen LogP contribution in [0, 0.1) is 6.92 Å². The average molecular weight is 391 g/mol. The summed E-state index contributed by atoms with van der Waals surface area (Å²) in [6.07, 6.45) is 0.724. The number of rotatable bonds is 2. The molecule has 2 aromatic rings. The molecule has 26 heavy (non-hydrogen) atoms. The van der Waals surface area contributed by atoms with Crippen molar-refractivity contribution in [2.75, 3.05) is 26.2 Å². The van der Waals surface area contributed by atoms with Crippen LogP contribution in [0.15, 0.2) is 42.5 Å². The van der Waals surface area contributed by atoms with Crippen LogP contribution < -0.4 is 0 Å². The first-order valence-electron chi connectivity index (χ1n) is 8.56. The van der Waals surface area contributed by atoms with Crippen molar-refractivity contribution in [2.24, 2.45) is 0 Å². The number of nitrogens with zero attached hydrogens (tertiary/aromatic N) is 2. The SMILES string of the molecule is Cc1cccc(C(=O)N2CCCN(C(=O)c3cc(Cl)ccc3Cl)CC2)c1. The average Bonchev–Trinajstić information content (AvgIpc) is 2.88. The summed E-state index contributed by atoms with van der Waals surface area (Å²) >= 11 is 12.1. The molecule has 0 bridgehead atoms. The van der Waals surface area contributed by atoms with E-state index in [1.165, 1.54) is 0 Å². The summed E-state index contributed by atoms with van der Waals surface area (Å²) < 4.78 is 0. The molecule has 0 aromatic heterocycles. The molecule has 1 saturated heterocycles. The molecule has 6 heteroatoms. The Hall–Kier alpha value is -2.04. The summed E-state index contributed by atoms with van der Waals surface area (Å²) in [5.74, 6) is -0.147. The normalized spacial score (nSPS) is 14.9. The Labute approximate surface area is 163 Å². The Morgan fingerprint density at radius 3 is 2.27 bits per heavy atom. The van der Waals surface area contributed by atoms with Crippen molar-refractivity contribution in [3.63, 3.8) is 0 Å². The Bertz CT molecular complexity index is 838. The molecule has 3 rings (SSSR count). The molecular weight excluding hydrogens is 371 g/mol. The fourth-order valence-corrected chi connectivity index (χ4v) is 3.49. The number of amides is 2. The van der Waals surface area contributed by atoms with Crippen LogP contribution >= 0.6 is 23.2 Å². The van der Waals surface area contributed by atoms with E-state index in [1.54, 1.807) is 23.1 Å². The highest BCUT2D eigenvalue weighted by Gasteiger charge is 2.24. The third-order valence-electron chi connectivity index (χ3n) is 4.49. The number of aryl methyl sites for hydroxylation is 1. The summed E-state index contributed by atoms with van der Waals surface area (Å²) in [6.45, 7) is 4.14. The maximum Gasteiger partial charge on any atom is 0.255 e. The van der Waals surface area contributed by atoms with Crippen molar-refractivity contribution in [2.45, 2.75) is 13.3 Å². The maximum absolute atomic E-state index is 12.8. The van der Waals surface area contributed by atoms with E-state index in [0.717, 1.165) is 12.0 Å². The Morgan fingerprint density at radius 2 is 1.58 bits per heavy atom. The molecular formula is C20H20Cl2N2O2. The quantitative estimate of drug-likeness (QED) is 0.766. The Balaban J connectivity index is 1.71. The minimum absolute atomic E-state index is 0.00351. The van der Waals surface area contributed by atoms with Gasteiger partial charge in [-0.2, -0.15) is 0 Å². The van der Waals surface area contributed by atoms with E-state index in [1.807, 2.05) is 36.1 Å². The van der Waals surface area contributed by atoms with Crippen LogP contribution in [0.5, 0.6) is 0 Å². The van der Waals surface area contributed by atoms with Gasteiger partial charge in [0.25, 0.3) is 11.8 Å². The summed E-state index contributed by atoms with van der Waals surface area (Å²) in [5.41, 5.74) is 2.14. The van der Waals surface area contributed by atoms with Gasteiger partial charge in [0.2, 0.25) is 0 Å². The molecule has 0 unspecified atom stereocenters. The van der Waals surface area contributed by atoms with Crippen LogP contribution in [0.1, 0.15) is 32.7 Å². The zero-order chi connectivity index (χ0) is 18.7. The lowest BCUT2D eigenvalue weighted by molar-refractivity contribution is 0.0719. The van der Waals surface area contributed by atoms with Gasteiger partial charge in [-0.05, 0) is 43.7 Å². The fourth-order valence-electron chi connectivity index (χ4n) is 3.12. The van der Waals surface area contributed by atoms with Crippen molar-refractivity contribution < 1.29 is 9.59 Å². The van der Waals surface area contributed by atoms with E-state index in [2.05, 4.69) is 0 Å².